The van der Waals surface area contributed by atoms with Crippen LogP contribution in [0.5, 0.6) is 0 Å². The molecule has 0 radical (unpaired) electrons. The van der Waals surface area contributed by atoms with Gasteiger partial charge in [0, 0.05) is 0 Å². The zero-order valence-corrected chi connectivity index (χ0v) is 22.1. The molecule has 1 aliphatic heterocycles. The van der Waals surface area contributed by atoms with Gasteiger partial charge in [0.2, 0.25) is 0 Å². The van der Waals surface area contributed by atoms with Crippen molar-refractivity contribution in [1.82, 2.24) is 4.90 Å². The second-order valence-corrected chi connectivity index (χ2v) is 7.24. The van der Waals surface area contributed by atoms with Crippen LogP contribution in [0, 0.1) is 33.3 Å². The fraction of sp³-hybridized carbons (Fsp3) is 0.320. The van der Waals surface area contributed by atoms with Crippen LogP contribution in [0.3, 0.4) is 0 Å². The van der Waals surface area contributed by atoms with Crippen LogP contribution in [-0.4, -0.2) is 34.5 Å². The van der Waals surface area contributed by atoms with Crippen molar-refractivity contribution in [2.24, 2.45) is 0 Å². The van der Waals surface area contributed by atoms with Gasteiger partial charge in [0.15, 0.2) is 0 Å². The minimum absolute atomic E-state index is 0.0554. The molecule has 0 aromatic heterocycles. The third kappa shape index (κ3) is 15.3. The number of hydrogen-bond acceptors (Lipinski definition) is 3. The zero-order chi connectivity index (χ0) is 27.5. The molecular weight excluding hydrogens is 610 g/mol. The molecule has 1 aromatic rings. The van der Waals surface area contributed by atoms with E-state index in [1.165, 1.54) is 37.9 Å². The first kappa shape index (κ1) is 38.6. The summed E-state index contributed by atoms with van der Waals surface area (Å²) >= 11 is 1.28. The van der Waals surface area contributed by atoms with Gasteiger partial charge < -0.3 is 0 Å². The Labute approximate surface area is 212 Å². The molecular formula is C25H25NO7W. The molecule has 8 nitrogen and oxygen atoms in total. The number of ketones is 1. The van der Waals surface area contributed by atoms with Gasteiger partial charge in [-0.2, -0.15) is 0 Å². The Morgan fingerprint density at radius 2 is 1.38 bits per heavy atom. The van der Waals surface area contributed by atoms with Crippen molar-refractivity contribution in [3.05, 3.63) is 86.5 Å². The molecule has 178 valence electrons. The number of likely N-dealkylation sites (tertiary alicyclic amines) is 1. The van der Waals surface area contributed by atoms with Crippen LogP contribution < -0.4 is 0 Å². The van der Waals surface area contributed by atoms with Crippen LogP contribution in [0.15, 0.2) is 47.7 Å². The Morgan fingerprint density at radius 1 is 0.941 bits per heavy atom. The predicted molar refractivity (Wildman–Crippen MR) is 115 cm³/mol. The molecule has 0 atom stereocenters. The number of carbonyl (C=O) groups is 1. The van der Waals surface area contributed by atoms with Crippen LogP contribution in [-0.2, 0) is 52.1 Å². The van der Waals surface area contributed by atoms with Crippen molar-refractivity contribution in [3.63, 3.8) is 0 Å². The second kappa shape index (κ2) is 28.4. The molecule has 0 unspecified atom stereocenters. The number of nitrogens with zero attached hydrogens (tertiary/aromatic N) is 1. The Bertz CT molecular complexity index is 837. The van der Waals surface area contributed by atoms with Crippen molar-refractivity contribution in [2.75, 3.05) is 19.7 Å². The Hall–Kier alpha value is -2.61. The molecule has 0 N–H and O–H groups in total. The number of ether oxygens (including phenoxy) is 1. The Balaban J connectivity index is -0.000000398. The summed E-state index contributed by atoms with van der Waals surface area (Å²) in [7, 11) is 0. The van der Waals surface area contributed by atoms with E-state index in [2.05, 4.69) is 57.2 Å². The van der Waals surface area contributed by atoms with Gasteiger partial charge in [0.05, 0.1) is 0 Å². The monoisotopic (exact) mass is 635 g/mol. The summed E-state index contributed by atoms with van der Waals surface area (Å²) in [5.74, 6) is 0.0554. The van der Waals surface area contributed by atoms with E-state index < -0.39 is 0 Å². The van der Waals surface area contributed by atoms with E-state index in [9.17, 15) is 4.79 Å². The first-order chi connectivity index (χ1) is 16.5. The van der Waals surface area contributed by atoms with Crippen LogP contribution >= 0.6 is 0 Å². The summed E-state index contributed by atoms with van der Waals surface area (Å²) in [6.07, 6.45) is 4.19. The average molecular weight is 635 g/mol. The average Bonchev–Trinajstić information content (AvgIpc) is 3.45. The first-order valence-corrected chi connectivity index (χ1v) is 10.9. The van der Waals surface area contributed by atoms with Gasteiger partial charge in [-0.3, -0.25) is 0 Å². The molecule has 34 heavy (non-hydrogen) atoms. The summed E-state index contributed by atoms with van der Waals surface area (Å²) in [5.41, 5.74) is 4.31. The van der Waals surface area contributed by atoms with Gasteiger partial charge in [0.25, 0.3) is 0 Å². The van der Waals surface area contributed by atoms with Crippen LogP contribution in [0.1, 0.15) is 39.2 Å². The van der Waals surface area contributed by atoms with Crippen LogP contribution in [0.25, 0.3) is 5.57 Å². The Kier molecular flexibility index (Phi) is 32.3. The van der Waals surface area contributed by atoms with Gasteiger partial charge in [-0.15, -0.1) is 0 Å². The van der Waals surface area contributed by atoms with E-state index >= 15 is 0 Å². The van der Waals surface area contributed by atoms with E-state index in [-0.39, 0.29) is 5.78 Å². The molecule has 1 fully saturated rings. The molecule has 9 heteroatoms. The van der Waals surface area contributed by atoms with Crippen molar-refractivity contribution in [1.29, 1.82) is 0 Å². The van der Waals surface area contributed by atoms with E-state index in [1.807, 2.05) is 25.1 Å². The third-order valence-electron chi connectivity index (χ3n) is 4.12. The van der Waals surface area contributed by atoms with Crippen molar-refractivity contribution < 1.29 is 52.1 Å². The number of allylic oxidation sites excluding steroid dienone is 2. The van der Waals surface area contributed by atoms with E-state index in [4.69, 9.17) is 28.0 Å². The minimum atomic E-state index is 0.0554. The molecule has 2 rings (SSSR count). The first-order valence-electron chi connectivity index (χ1n) is 9.47. The molecule has 0 amide bonds. The van der Waals surface area contributed by atoms with Gasteiger partial charge >= 0.3 is 212 Å². The molecule has 0 spiro atoms. The summed E-state index contributed by atoms with van der Waals surface area (Å²) in [4.78, 5) is 14.3. The third-order valence-corrected chi connectivity index (χ3v) is 5.28. The molecule has 1 heterocycles. The standard InChI is InChI=1S/C20H25NO2.5CO.W/c1-4-23-15-20(17(3)21-12-8-9-13-21)19(14-16(2)22)18-10-6-5-7-11-18;5*1-2;/h5-7,10-11,14H,4,8-9,12-13H2,1-3H3;;;;;;/b19-14-,20-17-;;;;;;. The van der Waals surface area contributed by atoms with Gasteiger partial charge in [-0.05, 0) is 0 Å². The number of benzene rings is 1. The summed E-state index contributed by atoms with van der Waals surface area (Å²) < 4.78 is 44.3. The second-order valence-electron chi connectivity index (χ2n) is 5.91. The normalized spacial score (nSPS) is 11.7. The molecule has 1 aliphatic rings. The molecule has 1 aromatic carbocycles. The van der Waals surface area contributed by atoms with Crippen molar-refractivity contribution in [3.8, 4) is 0 Å². The number of hydrogen-bond donors (Lipinski definition) is 0. The maximum atomic E-state index is 11.9. The molecule has 1 saturated heterocycles. The van der Waals surface area contributed by atoms with Crippen molar-refractivity contribution in [2.45, 2.75) is 33.6 Å². The van der Waals surface area contributed by atoms with Gasteiger partial charge in [0.1, 0.15) is 0 Å². The summed E-state index contributed by atoms with van der Waals surface area (Å²) in [6.45, 7) is 31.0. The summed E-state index contributed by atoms with van der Waals surface area (Å²) in [6, 6.07) is 10.1. The quantitative estimate of drug-likeness (QED) is 0.197. The molecule has 0 saturated carbocycles. The topological polar surface area (TPSA) is 129 Å². The SMILES string of the molecule is CCO[C](=[W])C(/C(=C\C(C)=O)c1ccccc1)=C(\C)N1CCCC1.[C-]#[O+].[C-]#[O+].[C-]#[O+].[C-]#[O+].[C-]#[O+]. The van der Waals surface area contributed by atoms with E-state index in [0.29, 0.717) is 6.61 Å². The summed E-state index contributed by atoms with van der Waals surface area (Å²) in [5, 5.41) is 0. The Morgan fingerprint density at radius 3 is 1.76 bits per heavy atom. The fourth-order valence-corrected chi connectivity index (χ4v) is 4.34. The molecule has 0 bridgehead atoms. The van der Waals surface area contributed by atoms with E-state index in [0.717, 1.165) is 33.9 Å². The number of carbonyl (C=O) groups excluding carboxylic acids is 1. The number of rotatable bonds is 7. The van der Waals surface area contributed by atoms with Crippen molar-refractivity contribution >= 4 is 15.4 Å². The zero-order valence-electron chi connectivity index (χ0n) is 19.2. The maximum absolute atomic E-state index is 11.9. The van der Waals surface area contributed by atoms with Crippen LogP contribution in [0.4, 0.5) is 0 Å². The molecule has 0 aliphatic carbocycles. The fourth-order valence-electron chi connectivity index (χ4n) is 2.99. The predicted octanol–water partition coefficient (Wildman–Crippen LogP) is 3.55. The van der Waals surface area contributed by atoms with Gasteiger partial charge in [-0.1, -0.05) is 0 Å². The van der Waals surface area contributed by atoms with E-state index in [1.54, 1.807) is 13.0 Å². The van der Waals surface area contributed by atoms with Gasteiger partial charge in [-0.25, -0.2) is 0 Å². The van der Waals surface area contributed by atoms with Crippen LogP contribution in [0.2, 0.25) is 0 Å².